The minimum absolute atomic E-state index is 0. The van der Waals surface area contributed by atoms with Gasteiger partial charge in [0.25, 0.3) is 0 Å². The molecule has 1 rings (SSSR count). The van der Waals surface area contributed by atoms with E-state index in [4.69, 9.17) is 10.5 Å². The van der Waals surface area contributed by atoms with Crippen molar-refractivity contribution in [3.63, 3.8) is 0 Å². The van der Waals surface area contributed by atoms with Gasteiger partial charge < -0.3 is 15.4 Å². The van der Waals surface area contributed by atoms with Gasteiger partial charge in [-0.1, -0.05) is 13.3 Å². The normalized spacial score (nSPS) is 27.1. The smallest absolute Gasteiger partial charge is 0.239 e. The highest BCUT2D eigenvalue weighted by Gasteiger charge is 2.31. The molecule has 1 saturated heterocycles. The molecule has 1 aliphatic heterocycles. The van der Waals surface area contributed by atoms with Crippen LogP contribution in [0, 0.1) is 0 Å². The van der Waals surface area contributed by atoms with E-state index >= 15 is 0 Å². The summed E-state index contributed by atoms with van der Waals surface area (Å²) >= 11 is 0. The second kappa shape index (κ2) is 7.09. The molecule has 1 amide bonds. The van der Waals surface area contributed by atoms with Crippen molar-refractivity contribution in [3.8, 4) is 0 Å². The third-order valence-corrected chi connectivity index (χ3v) is 3.08. The fraction of sp³-hybridized carbons (Fsp3) is 0.909. The van der Waals surface area contributed by atoms with Gasteiger partial charge in [0.2, 0.25) is 5.91 Å². The standard InChI is InChI=1S/C11H22N2O2.ClH/c1-4-5-10(12)11(14)13-6-7-15-9(3)8(13)2;/h8-10H,4-7,12H2,1-3H3;1H. The Bertz CT molecular complexity index is 226. The Morgan fingerprint density at radius 1 is 1.56 bits per heavy atom. The number of morpholine rings is 1. The van der Waals surface area contributed by atoms with Crippen LogP contribution in [0.3, 0.4) is 0 Å². The summed E-state index contributed by atoms with van der Waals surface area (Å²) < 4.78 is 5.48. The summed E-state index contributed by atoms with van der Waals surface area (Å²) in [6.45, 7) is 7.34. The second-order valence-corrected chi connectivity index (χ2v) is 4.24. The third-order valence-electron chi connectivity index (χ3n) is 3.08. The van der Waals surface area contributed by atoms with Gasteiger partial charge in [-0.3, -0.25) is 4.79 Å². The summed E-state index contributed by atoms with van der Waals surface area (Å²) in [5.74, 6) is 0.0690. The lowest BCUT2D eigenvalue weighted by Gasteiger charge is -2.39. The first-order valence-corrected chi connectivity index (χ1v) is 5.75. The van der Waals surface area contributed by atoms with Crippen LogP contribution in [0.2, 0.25) is 0 Å². The molecule has 0 aliphatic carbocycles. The molecule has 1 heterocycles. The highest BCUT2D eigenvalue weighted by molar-refractivity contribution is 5.85. The van der Waals surface area contributed by atoms with E-state index in [0.29, 0.717) is 13.2 Å². The number of carbonyl (C=O) groups excluding carboxylic acids is 1. The van der Waals surface area contributed by atoms with Crippen LogP contribution in [0.15, 0.2) is 0 Å². The Balaban J connectivity index is 0.00000225. The molecule has 0 saturated carbocycles. The molecular weight excluding hydrogens is 228 g/mol. The molecule has 4 nitrogen and oxygen atoms in total. The van der Waals surface area contributed by atoms with Gasteiger partial charge in [-0.25, -0.2) is 0 Å². The molecule has 0 radical (unpaired) electrons. The fourth-order valence-corrected chi connectivity index (χ4v) is 1.89. The van der Waals surface area contributed by atoms with Crippen LogP contribution in [0.5, 0.6) is 0 Å². The molecule has 0 aromatic heterocycles. The minimum Gasteiger partial charge on any atom is -0.375 e. The van der Waals surface area contributed by atoms with Gasteiger partial charge in [-0.2, -0.15) is 0 Å². The molecule has 3 unspecified atom stereocenters. The minimum atomic E-state index is -0.345. The number of nitrogens with zero attached hydrogens (tertiary/aromatic N) is 1. The van der Waals surface area contributed by atoms with Crippen molar-refractivity contribution in [2.24, 2.45) is 5.73 Å². The summed E-state index contributed by atoms with van der Waals surface area (Å²) in [6, 6.07) is -0.211. The number of nitrogens with two attached hydrogens (primary N) is 1. The van der Waals surface area contributed by atoms with Crippen LogP contribution in [-0.4, -0.2) is 42.1 Å². The third kappa shape index (κ3) is 3.61. The molecule has 0 spiro atoms. The van der Waals surface area contributed by atoms with Crippen molar-refractivity contribution >= 4 is 18.3 Å². The number of halogens is 1. The quantitative estimate of drug-likeness (QED) is 0.818. The number of ether oxygens (including phenoxy) is 1. The molecule has 96 valence electrons. The molecule has 1 aliphatic rings. The Morgan fingerprint density at radius 3 is 2.75 bits per heavy atom. The molecule has 0 bridgehead atoms. The molecule has 1 fully saturated rings. The van der Waals surface area contributed by atoms with Crippen LogP contribution in [0.1, 0.15) is 33.6 Å². The lowest BCUT2D eigenvalue weighted by atomic mass is 10.1. The molecule has 16 heavy (non-hydrogen) atoms. The first-order valence-electron chi connectivity index (χ1n) is 5.75. The van der Waals surface area contributed by atoms with Crippen LogP contribution in [0.25, 0.3) is 0 Å². The zero-order chi connectivity index (χ0) is 11.4. The molecule has 5 heteroatoms. The summed E-state index contributed by atoms with van der Waals surface area (Å²) in [6.07, 6.45) is 1.81. The van der Waals surface area contributed by atoms with Gasteiger partial charge in [-0.15, -0.1) is 12.4 Å². The second-order valence-electron chi connectivity index (χ2n) is 4.24. The van der Waals surface area contributed by atoms with Gasteiger partial charge in [0.1, 0.15) is 0 Å². The Labute approximate surface area is 104 Å². The van der Waals surface area contributed by atoms with Gasteiger partial charge >= 0.3 is 0 Å². The largest absolute Gasteiger partial charge is 0.375 e. The number of carbonyl (C=O) groups is 1. The van der Waals surface area contributed by atoms with Crippen molar-refractivity contribution in [2.75, 3.05) is 13.2 Å². The number of rotatable bonds is 3. The average molecular weight is 251 g/mol. The predicted octanol–water partition coefficient (Wildman–Crippen LogP) is 1.17. The number of hydrogen-bond donors (Lipinski definition) is 1. The Morgan fingerprint density at radius 2 is 2.19 bits per heavy atom. The van der Waals surface area contributed by atoms with E-state index in [-0.39, 0.29) is 36.5 Å². The first-order chi connectivity index (χ1) is 7.07. The maximum Gasteiger partial charge on any atom is 0.239 e. The maximum atomic E-state index is 12.0. The van der Waals surface area contributed by atoms with Crippen LogP contribution >= 0.6 is 12.4 Å². The summed E-state index contributed by atoms with van der Waals surface area (Å²) in [5, 5.41) is 0. The van der Waals surface area contributed by atoms with Gasteiger partial charge in [-0.05, 0) is 20.3 Å². The lowest BCUT2D eigenvalue weighted by molar-refractivity contribution is -0.145. The van der Waals surface area contributed by atoms with E-state index in [0.717, 1.165) is 12.8 Å². The van der Waals surface area contributed by atoms with Crippen molar-refractivity contribution in [1.82, 2.24) is 4.90 Å². The van der Waals surface area contributed by atoms with Gasteiger partial charge in [0.15, 0.2) is 0 Å². The predicted molar refractivity (Wildman–Crippen MR) is 66.7 cm³/mol. The van der Waals surface area contributed by atoms with Crippen LogP contribution < -0.4 is 5.73 Å². The van der Waals surface area contributed by atoms with Gasteiger partial charge in [0, 0.05) is 6.54 Å². The van der Waals surface area contributed by atoms with Gasteiger partial charge in [0.05, 0.1) is 24.8 Å². The van der Waals surface area contributed by atoms with Crippen LogP contribution in [0.4, 0.5) is 0 Å². The summed E-state index contributed by atoms with van der Waals surface area (Å²) in [5.41, 5.74) is 5.83. The SMILES string of the molecule is CCCC(N)C(=O)N1CCOC(C)C1C.Cl. The van der Waals surface area contributed by atoms with E-state index in [1.165, 1.54) is 0 Å². The summed E-state index contributed by atoms with van der Waals surface area (Å²) in [4.78, 5) is 13.8. The van der Waals surface area contributed by atoms with Crippen molar-refractivity contribution in [2.45, 2.75) is 51.8 Å². The zero-order valence-electron chi connectivity index (χ0n) is 10.3. The average Bonchev–Trinajstić information content (AvgIpc) is 2.21. The van der Waals surface area contributed by atoms with E-state index in [1.54, 1.807) is 0 Å². The fourth-order valence-electron chi connectivity index (χ4n) is 1.89. The number of amides is 1. The molecule has 3 atom stereocenters. The highest BCUT2D eigenvalue weighted by Crippen LogP contribution is 2.15. The Hall–Kier alpha value is -0.320. The Kier molecular flexibility index (Phi) is 6.95. The topological polar surface area (TPSA) is 55.6 Å². The highest BCUT2D eigenvalue weighted by atomic mass is 35.5. The van der Waals surface area contributed by atoms with E-state index in [9.17, 15) is 4.79 Å². The van der Waals surface area contributed by atoms with E-state index in [2.05, 4.69) is 0 Å². The van der Waals surface area contributed by atoms with Crippen molar-refractivity contribution < 1.29 is 9.53 Å². The lowest BCUT2D eigenvalue weighted by Crippen LogP contribution is -2.55. The molecular formula is C11H23ClN2O2. The maximum absolute atomic E-state index is 12.0. The zero-order valence-corrected chi connectivity index (χ0v) is 11.1. The van der Waals surface area contributed by atoms with Crippen LogP contribution in [-0.2, 0) is 9.53 Å². The van der Waals surface area contributed by atoms with Crippen molar-refractivity contribution in [1.29, 1.82) is 0 Å². The molecule has 0 aromatic carbocycles. The first kappa shape index (κ1) is 15.7. The molecule has 2 N–H and O–H groups in total. The monoisotopic (exact) mass is 250 g/mol. The summed E-state index contributed by atoms with van der Waals surface area (Å²) in [7, 11) is 0. The molecule has 0 aromatic rings. The van der Waals surface area contributed by atoms with E-state index < -0.39 is 0 Å². The van der Waals surface area contributed by atoms with Crippen molar-refractivity contribution in [3.05, 3.63) is 0 Å². The van der Waals surface area contributed by atoms with E-state index in [1.807, 2.05) is 25.7 Å². The number of hydrogen-bond acceptors (Lipinski definition) is 3.